The zero-order valence-electron chi connectivity index (χ0n) is 15.9. The van der Waals surface area contributed by atoms with E-state index in [0.29, 0.717) is 11.6 Å². The molecule has 0 aliphatic heterocycles. The lowest BCUT2D eigenvalue weighted by Gasteiger charge is -2.25. The smallest absolute Gasteiger partial charge is 0.264 e. The predicted octanol–water partition coefficient (Wildman–Crippen LogP) is 4.80. The molecule has 2 aromatic rings. The molecule has 2 rings (SSSR count). The summed E-state index contributed by atoms with van der Waals surface area (Å²) in [7, 11) is -4.01. The molecule has 0 atom stereocenters. The van der Waals surface area contributed by atoms with Crippen LogP contribution in [-0.4, -0.2) is 27.4 Å². The second-order valence-electron chi connectivity index (χ2n) is 6.48. The minimum Gasteiger partial charge on any atom is -0.355 e. The average molecular weight is 443 g/mol. The molecule has 0 aromatic heterocycles. The topological polar surface area (TPSA) is 66.5 Å². The summed E-state index contributed by atoms with van der Waals surface area (Å²) in [6.07, 6.45) is 2.86. The van der Waals surface area contributed by atoms with Gasteiger partial charge in [-0.15, -0.1) is 0 Å². The van der Waals surface area contributed by atoms with E-state index in [1.807, 2.05) is 6.92 Å². The van der Waals surface area contributed by atoms with E-state index >= 15 is 0 Å². The summed E-state index contributed by atoms with van der Waals surface area (Å²) < 4.78 is 27.5. The lowest BCUT2D eigenvalue weighted by molar-refractivity contribution is -0.119. The first-order valence-electron chi connectivity index (χ1n) is 9.07. The Labute approximate surface area is 176 Å². The largest absolute Gasteiger partial charge is 0.355 e. The zero-order valence-corrected chi connectivity index (χ0v) is 18.2. The molecule has 0 spiro atoms. The standard InChI is InChI=1S/C20H24Cl2N2O3S/c1-3-4-5-12-23-20(25)14-24(19-13-16(21)8-11-18(19)22)28(26,27)17-9-6-15(2)7-10-17/h6-11,13H,3-5,12,14H2,1-2H3,(H,23,25). The van der Waals surface area contributed by atoms with Gasteiger partial charge in [0.25, 0.3) is 10.0 Å². The predicted molar refractivity (Wildman–Crippen MR) is 115 cm³/mol. The van der Waals surface area contributed by atoms with Crippen molar-refractivity contribution in [3.8, 4) is 0 Å². The average Bonchev–Trinajstić information content (AvgIpc) is 2.65. The minimum absolute atomic E-state index is 0.0768. The molecule has 8 heteroatoms. The molecule has 0 bridgehead atoms. The Kier molecular flexibility index (Phi) is 8.16. The van der Waals surface area contributed by atoms with Crippen LogP contribution in [0.1, 0.15) is 31.7 Å². The van der Waals surface area contributed by atoms with Gasteiger partial charge in [-0.25, -0.2) is 8.42 Å². The molecule has 0 heterocycles. The van der Waals surface area contributed by atoms with Crippen LogP contribution in [0.2, 0.25) is 10.0 Å². The number of halogens is 2. The number of hydrogen-bond acceptors (Lipinski definition) is 3. The van der Waals surface area contributed by atoms with E-state index in [1.54, 1.807) is 18.2 Å². The molecular weight excluding hydrogens is 419 g/mol. The maximum absolute atomic E-state index is 13.3. The van der Waals surface area contributed by atoms with Crippen LogP contribution in [0.15, 0.2) is 47.4 Å². The van der Waals surface area contributed by atoms with Gasteiger partial charge in [-0.3, -0.25) is 9.10 Å². The zero-order chi connectivity index (χ0) is 20.7. The van der Waals surface area contributed by atoms with Gasteiger partial charge < -0.3 is 5.32 Å². The van der Waals surface area contributed by atoms with Gasteiger partial charge in [-0.2, -0.15) is 0 Å². The molecule has 0 unspecified atom stereocenters. The number of amides is 1. The molecule has 0 radical (unpaired) electrons. The maximum atomic E-state index is 13.3. The van der Waals surface area contributed by atoms with Crippen LogP contribution in [0.5, 0.6) is 0 Å². The molecule has 0 aliphatic rings. The van der Waals surface area contributed by atoms with Crippen molar-refractivity contribution >= 4 is 44.8 Å². The first kappa shape index (κ1) is 22.5. The third kappa shape index (κ3) is 5.87. The van der Waals surface area contributed by atoms with E-state index < -0.39 is 15.9 Å². The summed E-state index contributed by atoms with van der Waals surface area (Å²) in [5.74, 6) is -0.400. The SMILES string of the molecule is CCCCCNC(=O)CN(c1cc(Cl)ccc1Cl)S(=O)(=O)c1ccc(C)cc1. The van der Waals surface area contributed by atoms with Gasteiger partial charge in [0, 0.05) is 11.6 Å². The van der Waals surface area contributed by atoms with Crippen molar-refractivity contribution < 1.29 is 13.2 Å². The first-order chi connectivity index (χ1) is 13.3. The van der Waals surface area contributed by atoms with E-state index in [0.717, 1.165) is 29.1 Å². The number of unbranched alkanes of at least 4 members (excludes halogenated alkanes) is 2. The van der Waals surface area contributed by atoms with Gasteiger partial charge in [-0.05, 0) is 43.7 Å². The van der Waals surface area contributed by atoms with Gasteiger partial charge in [0.1, 0.15) is 6.54 Å². The van der Waals surface area contributed by atoms with Crippen LogP contribution in [-0.2, 0) is 14.8 Å². The Morgan fingerprint density at radius 3 is 2.39 bits per heavy atom. The summed E-state index contributed by atoms with van der Waals surface area (Å²) in [5, 5.41) is 3.28. The number of carbonyl (C=O) groups is 1. The Morgan fingerprint density at radius 2 is 1.75 bits per heavy atom. The quantitative estimate of drug-likeness (QED) is 0.566. The van der Waals surface area contributed by atoms with Gasteiger partial charge in [-0.1, -0.05) is 60.7 Å². The van der Waals surface area contributed by atoms with E-state index in [-0.39, 0.29) is 22.2 Å². The Balaban J connectivity index is 2.37. The van der Waals surface area contributed by atoms with Gasteiger partial charge >= 0.3 is 0 Å². The number of hydrogen-bond donors (Lipinski definition) is 1. The highest BCUT2D eigenvalue weighted by Crippen LogP contribution is 2.32. The van der Waals surface area contributed by atoms with E-state index in [2.05, 4.69) is 12.2 Å². The fourth-order valence-electron chi connectivity index (χ4n) is 2.60. The highest BCUT2D eigenvalue weighted by Gasteiger charge is 2.28. The lowest BCUT2D eigenvalue weighted by Crippen LogP contribution is -2.41. The highest BCUT2D eigenvalue weighted by molar-refractivity contribution is 7.92. The van der Waals surface area contributed by atoms with Crippen molar-refractivity contribution in [1.82, 2.24) is 5.32 Å². The summed E-state index contributed by atoms with van der Waals surface area (Å²) in [5.41, 5.74) is 1.10. The molecule has 0 fully saturated rings. The second-order valence-corrected chi connectivity index (χ2v) is 9.18. The highest BCUT2D eigenvalue weighted by atomic mass is 35.5. The minimum atomic E-state index is -4.01. The third-order valence-electron chi connectivity index (χ3n) is 4.18. The fraction of sp³-hybridized carbons (Fsp3) is 0.350. The van der Waals surface area contributed by atoms with Crippen molar-refractivity contribution in [3.63, 3.8) is 0 Å². The molecule has 28 heavy (non-hydrogen) atoms. The molecule has 0 saturated carbocycles. The molecule has 2 aromatic carbocycles. The number of aryl methyl sites for hydroxylation is 1. The molecule has 1 N–H and O–H groups in total. The summed E-state index contributed by atoms with van der Waals surface area (Å²) >= 11 is 12.3. The molecule has 5 nitrogen and oxygen atoms in total. The van der Waals surface area contributed by atoms with Crippen LogP contribution in [0.25, 0.3) is 0 Å². The van der Waals surface area contributed by atoms with E-state index in [9.17, 15) is 13.2 Å². The number of carbonyl (C=O) groups excluding carboxylic acids is 1. The molecule has 1 amide bonds. The molecule has 0 aliphatic carbocycles. The van der Waals surface area contributed by atoms with Gasteiger partial charge in [0.15, 0.2) is 0 Å². The molecular formula is C20H24Cl2N2O3S. The number of rotatable bonds is 9. The number of nitrogens with one attached hydrogen (secondary N) is 1. The van der Waals surface area contributed by atoms with Crippen LogP contribution in [0, 0.1) is 6.92 Å². The van der Waals surface area contributed by atoms with E-state index in [1.165, 1.54) is 24.3 Å². The van der Waals surface area contributed by atoms with Crippen molar-refractivity contribution in [1.29, 1.82) is 0 Å². The second kappa shape index (κ2) is 10.1. The summed E-state index contributed by atoms with van der Waals surface area (Å²) in [6, 6.07) is 10.9. The lowest BCUT2D eigenvalue weighted by atomic mass is 10.2. The number of benzene rings is 2. The normalized spacial score (nSPS) is 11.3. The third-order valence-corrected chi connectivity index (χ3v) is 6.50. The number of nitrogens with zero attached hydrogens (tertiary/aromatic N) is 1. The molecule has 0 saturated heterocycles. The summed E-state index contributed by atoms with van der Waals surface area (Å²) in [6.45, 7) is 4.04. The Morgan fingerprint density at radius 1 is 1.07 bits per heavy atom. The first-order valence-corrected chi connectivity index (χ1v) is 11.3. The molecule has 152 valence electrons. The van der Waals surface area contributed by atoms with Gasteiger partial charge in [0.05, 0.1) is 15.6 Å². The van der Waals surface area contributed by atoms with Crippen molar-refractivity contribution in [2.45, 2.75) is 38.0 Å². The van der Waals surface area contributed by atoms with Crippen LogP contribution in [0.3, 0.4) is 0 Å². The van der Waals surface area contributed by atoms with Crippen molar-refractivity contribution in [2.75, 3.05) is 17.4 Å². The number of anilines is 1. The van der Waals surface area contributed by atoms with E-state index in [4.69, 9.17) is 23.2 Å². The Hall–Kier alpha value is -1.76. The fourth-order valence-corrected chi connectivity index (χ4v) is 4.47. The van der Waals surface area contributed by atoms with Crippen LogP contribution >= 0.6 is 23.2 Å². The van der Waals surface area contributed by atoms with Crippen molar-refractivity contribution in [2.24, 2.45) is 0 Å². The monoisotopic (exact) mass is 442 g/mol. The summed E-state index contributed by atoms with van der Waals surface area (Å²) in [4.78, 5) is 12.5. The van der Waals surface area contributed by atoms with Crippen molar-refractivity contribution in [3.05, 3.63) is 58.1 Å². The van der Waals surface area contributed by atoms with Crippen LogP contribution < -0.4 is 9.62 Å². The number of sulfonamides is 1. The Bertz CT molecular complexity index is 916. The van der Waals surface area contributed by atoms with Crippen LogP contribution in [0.4, 0.5) is 5.69 Å². The maximum Gasteiger partial charge on any atom is 0.264 e. The van der Waals surface area contributed by atoms with Gasteiger partial charge in [0.2, 0.25) is 5.91 Å².